The van der Waals surface area contributed by atoms with Crippen molar-refractivity contribution < 1.29 is 14.3 Å². The second-order valence-electron chi connectivity index (χ2n) is 5.51. The number of primary amides is 1. The number of nitriles is 1. The zero-order valence-corrected chi connectivity index (χ0v) is 15.8. The molecule has 0 aliphatic carbocycles. The third-order valence-electron chi connectivity index (χ3n) is 3.45. The molecule has 0 heterocycles. The molecule has 0 saturated carbocycles. The van der Waals surface area contributed by atoms with Crippen LogP contribution in [0, 0.1) is 18.3 Å². The number of anilines is 1. The number of rotatable bonds is 6. The van der Waals surface area contributed by atoms with E-state index in [1.807, 2.05) is 25.1 Å². The second-order valence-corrected chi connectivity index (χ2v) is 6.32. The van der Waals surface area contributed by atoms with Crippen LogP contribution in [0.2, 0.25) is 10.0 Å². The van der Waals surface area contributed by atoms with E-state index in [-0.39, 0.29) is 28.0 Å². The molecule has 0 bridgehead atoms. The lowest BCUT2D eigenvalue weighted by atomic mass is 10.1. The highest BCUT2D eigenvalue weighted by Gasteiger charge is 2.14. The van der Waals surface area contributed by atoms with E-state index in [2.05, 4.69) is 5.32 Å². The zero-order chi connectivity index (χ0) is 20.0. The number of carbonyl (C=O) groups excluding carboxylic acids is 2. The van der Waals surface area contributed by atoms with Gasteiger partial charge in [-0.1, -0.05) is 41.4 Å². The summed E-state index contributed by atoms with van der Waals surface area (Å²) in [4.78, 5) is 23.2. The maximum absolute atomic E-state index is 12.4. The van der Waals surface area contributed by atoms with Crippen LogP contribution in [0.25, 0.3) is 6.08 Å². The van der Waals surface area contributed by atoms with E-state index in [1.54, 1.807) is 12.1 Å². The highest BCUT2D eigenvalue weighted by Crippen LogP contribution is 2.34. The van der Waals surface area contributed by atoms with E-state index in [0.717, 1.165) is 5.56 Å². The van der Waals surface area contributed by atoms with Crippen molar-refractivity contribution >= 4 is 46.8 Å². The number of nitrogens with zero attached hydrogens (tertiary/aromatic N) is 1. The first-order valence-electron chi connectivity index (χ1n) is 7.70. The van der Waals surface area contributed by atoms with Gasteiger partial charge in [0.25, 0.3) is 11.8 Å². The molecule has 0 aliphatic heterocycles. The first-order valence-corrected chi connectivity index (χ1v) is 8.46. The van der Waals surface area contributed by atoms with Gasteiger partial charge in [-0.25, -0.2) is 0 Å². The lowest BCUT2D eigenvalue weighted by Gasteiger charge is -2.10. The molecule has 6 nitrogen and oxygen atoms in total. The van der Waals surface area contributed by atoms with E-state index in [4.69, 9.17) is 33.7 Å². The molecule has 0 aromatic heterocycles. The summed E-state index contributed by atoms with van der Waals surface area (Å²) in [5, 5.41) is 12.2. The third-order valence-corrected chi connectivity index (χ3v) is 4.01. The van der Waals surface area contributed by atoms with Crippen molar-refractivity contribution in [3.05, 3.63) is 63.1 Å². The molecule has 0 saturated heterocycles. The summed E-state index contributed by atoms with van der Waals surface area (Å²) in [7, 11) is 0. The molecular weight excluding hydrogens is 389 g/mol. The van der Waals surface area contributed by atoms with Crippen molar-refractivity contribution in [2.75, 3.05) is 11.9 Å². The number of benzene rings is 2. The van der Waals surface area contributed by atoms with Crippen LogP contribution in [0.4, 0.5) is 5.69 Å². The number of amides is 2. The maximum Gasteiger partial charge on any atom is 0.266 e. The van der Waals surface area contributed by atoms with Crippen molar-refractivity contribution in [3.63, 3.8) is 0 Å². The highest BCUT2D eigenvalue weighted by atomic mass is 35.5. The molecule has 0 fully saturated rings. The summed E-state index contributed by atoms with van der Waals surface area (Å²) in [6.45, 7) is 1.46. The van der Waals surface area contributed by atoms with Gasteiger partial charge in [0, 0.05) is 5.69 Å². The van der Waals surface area contributed by atoms with Crippen LogP contribution in [0.15, 0.2) is 42.0 Å². The molecular formula is C19H15Cl2N3O3. The summed E-state index contributed by atoms with van der Waals surface area (Å²) < 4.78 is 5.15. The minimum atomic E-state index is -0.675. The van der Waals surface area contributed by atoms with E-state index >= 15 is 0 Å². The Balaban J connectivity index is 2.27. The Morgan fingerprint density at radius 2 is 1.89 bits per heavy atom. The lowest BCUT2D eigenvalue weighted by molar-refractivity contribution is -0.120. The molecule has 3 N–H and O–H groups in total. The maximum atomic E-state index is 12.4. The Hall–Kier alpha value is -3.01. The van der Waals surface area contributed by atoms with Gasteiger partial charge < -0.3 is 15.8 Å². The van der Waals surface area contributed by atoms with Gasteiger partial charge >= 0.3 is 0 Å². The van der Waals surface area contributed by atoms with Crippen molar-refractivity contribution in [2.45, 2.75) is 6.92 Å². The topological polar surface area (TPSA) is 105 Å². The summed E-state index contributed by atoms with van der Waals surface area (Å²) in [6, 6.07) is 12.0. The first-order chi connectivity index (χ1) is 12.8. The molecule has 27 heavy (non-hydrogen) atoms. The monoisotopic (exact) mass is 403 g/mol. The summed E-state index contributed by atoms with van der Waals surface area (Å²) in [5.74, 6) is -1.14. The fraction of sp³-hybridized carbons (Fsp3) is 0.105. The fourth-order valence-corrected chi connectivity index (χ4v) is 2.78. The van der Waals surface area contributed by atoms with Crippen molar-refractivity contribution in [1.29, 1.82) is 5.26 Å². The molecule has 2 aromatic rings. The quantitative estimate of drug-likeness (QED) is 0.566. The van der Waals surface area contributed by atoms with Gasteiger partial charge in [0.15, 0.2) is 12.4 Å². The third kappa shape index (κ3) is 5.48. The van der Waals surface area contributed by atoms with Crippen LogP contribution < -0.4 is 15.8 Å². The summed E-state index contributed by atoms with van der Waals surface area (Å²) >= 11 is 12.2. The molecule has 0 radical (unpaired) electrons. The van der Waals surface area contributed by atoms with Crippen LogP contribution in [0.5, 0.6) is 5.75 Å². The van der Waals surface area contributed by atoms with E-state index in [9.17, 15) is 14.9 Å². The predicted octanol–water partition coefficient (Wildman–Crippen LogP) is 3.71. The molecule has 0 unspecified atom stereocenters. The largest absolute Gasteiger partial charge is 0.481 e. The summed E-state index contributed by atoms with van der Waals surface area (Å²) in [5.41, 5.74) is 6.79. The number of carbonyl (C=O) groups is 2. The van der Waals surface area contributed by atoms with Gasteiger partial charge in [0.05, 0.1) is 10.0 Å². The molecule has 2 amide bonds. The average molecular weight is 404 g/mol. The van der Waals surface area contributed by atoms with Crippen LogP contribution in [-0.2, 0) is 9.59 Å². The number of ether oxygens (including phenoxy) is 1. The molecule has 8 heteroatoms. The Morgan fingerprint density at radius 3 is 2.44 bits per heavy atom. The van der Waals surface area contributed by atoms with Gasteiger partial charge in [-0.3, -0.25) is 9.59 Å². The molecule has 0 aliphatic rings. The van der Waals surface area contributed by atoms with Gasteiger partial charge in [-0.15, -0.1) is 0 Å². The number of para-hydroxylation sites is 1. The molecule has 138 valence electrons. The smallest absolute Gasteiger partial charge is 0.266 e. The Kier molecular flexibility index (Phi) is 6.83. The fourth-order valence-electron chi connectivity index (χ4n) is 2.16. The number of nitrogens with one attached hydrogen (secondary N) is 1. The van der Waals surface area contributed by atoms with E-state index in [1.165, 1.54) is 18.2 Å². The minimum Gasteiger partial charge on any atom is -0.481 e. The number of halogens is 2. The molecule has 0 spiro atoms. The lowest BCUT2D eigenvalue weighted by Crippen LogP contribution is -2.20. The van der Waals surface area contributed by atoms with Crippen molar-refractivity contribution in [2.24, 2.45) is 5.73 Å². The normalized spacial score (nSPS) is 10.8. The van der Waals surface area contributed by atoms with Crippen LogP contribution >= 0.6 is 23.2 Å². The SMILES string of the molecule is Cc1ccccc1NC(=O)/C(C#N)=C/c1cc(Cl)c(OCC(N)=O)c(Cl)c1. The summed E-state index contributed by atoms with van der Waals surface area (Å²) in [6.07, 6.45) is 1.35. The Bertz CT molecular complexity index is 942. The van der Waals surface area contributed by atoms with Gasteiger partial charge in [-0.2, -0.15) is 5.26 Å². The van der Waals surface area contributed by atoms with Gasteiger partial charge in [0.1, 0.15) is 11.6 Å². The van der Waals surface area contributed by atoms with Gasteiger partial charge in [-0.05, 0) is 42.3 Å². The standard InChI is InChI=1S/C19H15Cl2N3O3/c1-11-4-2-3-5-16(11)24-19(26)13(9-22)6-12-7-14(20)18(15(21)8-12)27-10-17(23)25/h2-8H,10H2,1H3,(H2,23,25)(H,24,26)/b13-6+. The minimum absolute atomic E-state index is 0.0946. The van der Waals surface area contributed by atoms with Crippen molar-refractivity contribution in [1.82, 2.24) is 0 Å². The van der Waals surface area contributed by atoms with Crippen LogP contribution in [0.3, 0.4) is 0 Å². The average Bonchev–Trinajstić information content (AvgIpc) is 2.60. The zero-order valence-electron chi connectivity index (χ0n) is 14.3. The van der Waals surface area contributed by atoms with Crippen LogP contribution in [0.1, 0.15) is 11.1 Å². The molecule has 2 rings (SSSR count). The second kappa shape index (κ2) is 9.08. The number of hydrogen-bond donors (Lipinski definition) is 2. The van der Waals surface area contributed by atoms with E-state index < -0.39 is 11.8 Å². The van der Waals surface area contributed by atoms with E-state index in [0.29, 0.717) is 11.3 Å². The van der Waals surface area contributed by atoms with Gasteiger partial charge in [0.2, 0.25) is 0 Å². The van der Waals surface area contributed by atoms with Crippen molar-refractivity contribution in [3.8, 4) is 11.8 Å². The Morgan fingerprint density at radius 1 is 1.26 bits per heavy atom. The Labute approximate surface area is 166 Å². The molecule has 0 atom stereocenters. The highest BCUT2D eigenvalue weighted by molar-refractivity contribution is 6.37. The molecule has 2 aromatic carbocycles. The number of hydrogen-bond acceptors (Lipinski definition) is 4. The van der Waals surface area contributed by atoms with Crippen LogP contribution in [-0.4, -0.2) is 18.4 Å². The predicted molar refractivity (Wildman–Crippen MR) is 105 cm³/mol. The first kappa shape index (κ1) is 20.3. The number of nitrogens with two attached hydrogens (primary N) is 1. The number of aryl methyl sites for hydroxylation is 1.